The van der Waals surface area contributed by atoms with E-state index in [1.807, 2.05) is 6.92 Å². The van der Waals surface area contributed by atoms with Crippen molar-refractivity contribution in [3.63, 3.8) is 0 Å². The summed E-state index contributed by atoms with van der Waals surface area (Å²) in [6, 6.07) is 15.4. The maximum atomic E-state index is 12.7. The Hall–Kier alpha value is -2.54. The zero-order valence-electron chi connectivity index (χ0n) is 17.4. The largest absolute Gasteiger partial charge is 0.325 e. The van der Waals surface area contributed by atoms with Crippen LogP contribution in [0.1, 0.15) is 29.8 Å². The van der Waals surface area contributed by atoms with Crippen LogP contribution in [0, 0.1) is 0 Å². The van der Waals surface area contributed by atoms with Crippen LogP contribution in [0.3, 0.4) is 0 Å². The number of amides is 1. The van der Waals surface area contributed by atoms with Gasteiger partial charge < -0.3 is 5.32 Å². The van der Waals surface area contributed by atoms with E-state index in [4.69, 9.17) is 0 Å². The molecule has 0 spiro atoms. The third-order valence-corrected chi connectivity index (χ3v) is 6.86. The Morgan fingerprint density at radius 1 is 1.03 bits per heavy atom. The number of anilines is 1. The van der Waals surface area contributed by atoms with Crippen LogP contribution in [0.2, 0.25) is 0 Å². The van der Waals surface area contributed by atoms with Gasteiger partial charge in [0.25, 0.3) is 0 Å². The standard InChI is InChI=1S/C24H27N3O2S/c1-17(24(29)25-21-9-7-19(8-10-21)18(2)28)27-13-11-26(12-14-27)15-20-16-30-23-6-4-3-5-22(20)23/h3-10,16-17H,11-15H2,1-2H3,(H,25,29)/t17-/m1/s1. The van der Waals surface area contributed by atoms with Crippen molar-refractivity contribution in [3.05, 3.63) is 65.0 Å². The van der Waals surface area contributed by atoms with E-state index >= 15 is 0 Å². The average Bonchev–Trinajstić information content (AvgIpc) is 3.17. The van der Waals surface area contributed by atoms with Crippen LogP contribution in [0.4, 0.5) is 5.69 Å². The van der Waals surface area contributed by atoms with Gasteiger partial charge in [-0.2, -0.15) is 0 Å². The van der Waals surface area contributed by atoms with Gasteiger partial charge in [0.15, 0.2) is 5.78 Å². The van der Waals surface area contributed by atoms with Gasteiger partial charge in [-0.15, -0.1) is 11.3 Å². The topological polar surface area (TPSA) is 52.7 Å². The fraction of sp³-hybridized carbons (Fsp3) is 0.333. The molecule has 1 fully saturated rings. The molecule has 0 aliphatic carbocycles. The van der Waals surface area contributed by atoms with E-state index in [-0.39, 0.29) is 17.7 Å². The summed E-state index contributed by atoms with van der Waals surface area (Å²) in [7, 11) is 0. The number of nitrogens with one attached hydrogen (secondary N) is 1. The molecule has 1 aromatic heterocycles. The number of ketones is 1. The monoisotopic (exact) mass is 421 g/mol. The highest BCUT2D eigenvalue weighted by molar-refractivity contribution is 7.17. The maximum absolute atomic E-state index is 12.7. The van der Waals surface area contributed by atoms with Crippen LogP contribution in [-0.4, -0.2) is 53.7 Å². The third-order valence-electron chi connectivity index (χ3n) is 5.85. The molecule has 1 aliphatic heterocycles. The van der Waals surface area contributed by atoms with Gasteiger partial charge >= 0.3 is 0 Å². The highest BCUT2D eigenvalue weighted by atomic mass is 32.1. The lowest BCUT2D eigenvalue weighted by Gasteiger charge is -2.37. The maximum Gasteiger partial charge on any atom is 0.241 e. The second-order valence-electron chi connectivity index (χ2n) is 7.87. The molecule has 30 heavy (non-hydrogen) atoms. The first-order valence-electron chi connectivity index (χ1n) is 10.3. The number of Topliss-reactive ketones (excluding diaryl/α,β-unsaturated/α-hetero) is 1. The lowest BCUT2D eigenvalue weighted by molar-refractivity contribution is -0.121. The summed E-state index contributed by atoms with van der Waals surface area (Å²) in [6.45, 7) is 8.11. The van der Waals surface area contributed by atoms with Crippen LogP contribution in [0.25, 0.3) is 10.1 Å². The normalized spacial score (nSPS) is 16.5. The summed E-state index contributed by atoms with van der Waals surface area (Å²) < 4.78 is 1.34. The molecule has 0 radical (unpaired) electrons. The molecule has 1 amide bonds. The summed E-state index contributed by atoms with van der Waals surface area (Å²) >= 11 is 1.81. The number of thiophene rings is 1. The van der Waals surface area contributed by atoms with Crippen LogP contribution >= 0.6 is 11.3 Å². The highest BCUT2D eigenvalue weighted by Gasteiger charge is 2.26. The third kappa shape index (κ3) is 4.61. The molecule has 0 bridgehead atoms. The number of piperazine rings is 1. The van der Waals surface area contributed by atoms with Crippen LogP contribution in [-0.2, 0) is 11.3 Å². The minimum Gasteiger partial charge on any atom is -0.325 e. The van der Waals surface area contributed by atoms with Crippen molar-refractivity contribution in [3.8, 4) is 0 Å². The van der Waals surface area contributed by atoms with Gasteiger partial charge in [-0.25, -0.2) is 0 Å². The average molecular weight is 422 g/mol. The first kappa shape index (κ1) is 20.7. The molecule has 5 nitrogen and oxygen atoms in total. The van der Waals surface area contributed by atoms with Gasteiger partial charge in [-0.3, -0.25) is 19.4 Å². The number of hydrogen-bond donors (Lipinski definition) is 1. The smallest absolute Gasteiger partial charge is 0.241 e. The fourth-order valence-electron chi connectivity index (χ4n) is 3.91. The predicted octanol–water partition coefficient (Wildman–Crippen LogP) is 4.25. The molecule has 1 saturated heterocycles. The Kier molecular flexibility index (Phi) is 6.27. The molecule has 0 saturated carbocycles. The van der Waals surface area contributed by atoms with E-state index in [2.05, 4.69) is 44.8 Å². The van der Waals surface area contributed by atoms with Crippen molar-refractivity contribution in [1.29, 1.82) is 0 Å². The Balaban J connectivity index is 1.29. The molecule has 6 heteroatoms. The van der Waals surface area contributed by atoms with Crippen molar-refractivity contribution in [1.82, 2.24) is 9.80 Å². The Labute approximate surface area is 181 Å². The van der Waals surface area contributed by atoms with Crippen molar-refractivity contribution in [2.24, 2.45) is 0 Å². The van der Waals surface area contributed by atoms with E-state index in [0.717, 1.165) is 38.4 Å². The van der Waals surface area contributed by atoms with Gasteiger partial charge in [0.2, 0.25) is 5.91 Å². The second kappa shape index (κ2) is 9.08. The van der Waals surface area contributed by atoms with E-state index < -0.39 is 0 Å². The van der Waals surface area contributed by atoms with E-state index in [1.54, 1.807) is 35.6 Å². The van der Waals surface area contributed by atoms with Crippen LogP contribution in [0.15, 0.2) is 53.9 Å². The number of hydrogen-bond acceptors (Lipinski definition) is 5. The molecule has 2 heterocycles. The van der Waals surface area contributed by atoms with Gasteiger partial charge in [0, 0.05) is 48.7 Å². The number of nitrogens with zero attached hydrogens (tertiary/aromatic N) is 2. The summed E-state index contributed by atoms with van der Waals surface area (Å²) in [4.78, 5) is 28.8. The fourth-order valence-corrected chi connectivity index (χ4v) is 4.86. The zero-order chi connectivity index (χ0) is 21.1. The van der Waals surface area contributed by atoms with Crippen LogP contribution < -0.4 is 5.32 Å². The van der Waals surface area contributed by atoms with E-state index in [1.165, 1.54) is 22.6 Å². The molecular formula is C24H27N3O2S. The molecular weight excluding hydrogens is 394 g/mol. The minimum absolute atomic E-state index is 0.0112. The summed E-state index contributed by atoms with van der Waals surface area (Å²) in [5, 5.41) is 6.59. The van der Waals surface area contributed by atoms with Crippen molar-refractivity contribution in [2.45, 2.75) is 26.4 Å². The molecule has 4 rings (SSSR count). The minimum atomic E-state index is -0.193. The highest BCUT2D eigenvalue weighted by Crippen LogP contribution is 2.27. The molecule has 156 valence electrons. The molecule has 1 aliphatic rings. The van der Waals surface area contributed by atoms with Gasteiger partial charge in [-0.05, 0) is 60.5 Å². The van der Waals surface area contributed by atoms with Crippen molar-refractivity contribution >= 4 is 38.8 Å². The van der Waals surface area contributed by atoms with Crippen molar-refractivity contribution < 1.29 is 9.59 Å². The predicted molar refractivity (Wildman–Crippen MR) is 123 cm³/mol. The molecule has 2 aromatic carbocycles. The molecule has 0 unspecified atom stereocenters. The number of rotatable bonds is 6. The lowest BCUT2D eigenvalue weighted by Crippen LogP contribution is -2.52. The first-order valence-corrected chi connectivity index (χ1v) is 11.2. The Morgan fingerprint density at radius 3 is 2.43 bits per heavy atom. The van der Waals surface area contributed by atoms with Crippen molar-refractivity contribution in [2.75, 3.05) is 31.5 Å². The summed E-state index contributed by atoms with van der Waals surface area (Å²) in [5.74, 6) is 0.0115. The summed E-state index contributed by atoms with van der Waals surface area (Å²) in [5.41, 5.74) is 2.76. The SMILES string of the molecule is CC(=O)c1ccc(NC(=O)[C@@H](C)N2CCN(Cc3csc4ccccc34)CC2)cc1. The second-order valence-corrected chi connectivity index (χ2v) is 8.78. The Bertz CT molecular complexity index is 1040. The van der Waals surface area contributed by atoms with Crippen LogP contribution in [0.5, 0.6) is 0 Å². The molecule has 1 atom stereocenters. The van der Waals surface area contributed by atoms with Gasteiger partial charge in [0.05, 0.1) is 6.04 Å². The lowest BCUT2D eigenvalue weighted by atomic mass is 10.1. The van der Waals surface area contributed by atoms with E-state index in [0.29, 0.717) is 5.56 Å². The van der Waals surface area contributed by atoms with Gasteiger partial charge in [-0.1, -0.05) is 18.2 Å². The number of carbonyl (C=O) groups excluding carboxylic acids is 2. The number of fused-ring (bicyclic) bond motifs is 1. The Morgan fingerprint density at radius 2 is 1.73 bits per heavy atom. The quantitative estimate of drug-likeness (QED) is 0.605. The van der Waals surface area contributed by atoms with Gasteiger partial charge in [0.1, 0.15) is 0 Å². The summed E-state index contributed by atoms with van der Waals surface area (Å²) in [6.07, 6.45) is 0. The number of benzene rings is 2. The zero-order valence-corrected chi connectivity index (χ0v) is 18.2. The molecule has 1 N–H and O–H groups in total. The molecule has 3 aromatic rings. The first-order chi connectivity index (χ1) is 14.5. The van der Waals surface area contributed by atoms with E-state index in [9.17, 15) is 9.59 Å². The number of carbonyl (C=O) groups is 2.